The molecule has 3 aliphatic rings. The van der Waals surface area contributed by atoms with Gasteiger partial charge in [0.25, 0.3) is 5.91 Å². The number of aliphatic hydroxyl groups is 1. The normalized spacial score (nSPS) is 18.3. The van der Waals surface area contributed by atoms with Crippen LogP contribution in [0.4, 0.5) is 0 Å². The Labute approximate surface area is 212 Å². The second kappa shape index (κ2) is 10.3. The molecule has 0 bridgehead atoms. The molecule has 182 valence electrons. The fourth-order valence-corrected chi connectivity index (χ4v) is 5.37. The summed E-state index contributed by atoms with van der Waals surface area (Å²) in [5, 5.41) is 13.4. The summed E-state index contributed by atoms with van der Waals surface area (Å²) in [5.74, 6) is 0.693. The van der Waals surface area contributed by atoms with Crippen LogP contribution in [0.15, 0.2) is 36.4 Å². The van der Waals surface area contributed by atoms with Crippen molar-refractivity contribution < 1.29 is 9.90 Å². The molecule has 3 heterocycles. The molecule has 1 saturated heterocycles. The predicted octanol–water partition coefficient (Wildman–Crippen LogP) is 3.91. The number of aromatic nitrogens is 1. The number of fused-ring (bicyclic) bond motifs is 2. The van der Waals surface area contributed by atoms with Crippen molar-refractivity contribution in [3.8, 4) is 11.3 Å². The highest BCUT2D eigenvalue weighted by Gasteiger charge is 2.33. The zero-order valence-electron chi connectivity index (χ0n) is 19.2. The summed E-state index contributed by atoms with van der Waals surface area (Å²) in [6, 6.07) is 13.2. The van der Waals surface area contributed by atoms with E-state index >= 15 is 0 Å². The Morgan fingerprint density at radius 2 is 1.74 bits per heavy atom. The number of aromatic amines is 1. The second-order valence-corrected chi connectivity index (χ2v) is 9.46. The molecule has 3 aromatic rings. The Bertz CT molecular complexity index is 1180. The molecule has 0 atom stereocenters. The van der Waals surface area contributed by atoms with E-state index in [-0.39, 0.29) is 37.3 Å². The van der Waals surface area contributed by atoms with Crippen LogP contribution in [0.2, 0.25) is 0 Å². The van der Waals surface area contributed by atoms with E-state index in [2.05, 4.69) is 56.5 Å². The van der Waals surface area contributed by atoms with Crippen LogP contribution in [0, 0.1) is 0 Å². The van der Waals surface area contributed by atoms with Crippen molar-refractivity contribution in [3.05, 3.63) is 58.7 Å². The molecule has 0 radical (unpaired) electrons. The molecular weight excluding hydrogens is 471 g/mol. The number of carbonyl (C=O) groups is 1. The number of nitrogens with zero attached hydrogens (tertiary/aromatic N) is 2. The van der Waals surface area contributed by atoms with Gasteiger partial charge in [0.05, 0.1) is 12.2 Å². The van der Waals surface area contributed by atoms with Gasteiger partial charge in [-0.2, -0.15) is 0 Å². The third-order valence-electron chi connectivity index (χ3n) is 7.28. The van der Waals surface area contributed by atoms with E-state index in [1.54, 1.807) is 0 Å². The van der Waals surface area contributed by atoms with Crippen LogP contribution < -0.4 is 5.32 Å². The van der Waals surface area contributed by atoms with Gasteiger partial charge in [-0.05, 0) is 53.6 Å². The van der Waals surface area contributed by atoms with Gasteiger partial charge in [-0.3, -0.25) is 14.6 Å². The third-order valence-corrected chi connectivity index (χ3v) is 7.28. The number of amides is 1. The lowest BCUT2D eigenvalue weighted by Gasteiger charge is -2.34. The van der Waals surface area contributed by atoms with E-state index in [1.165, 1.54) is 34.9 Å². The molecule has 6 rings (SSSR count). The minimum atomic E-state index is 0. The number of β-amino-alcohol motifs (C(OH)–C–C–N with tert-alkyl or cyclic N) is 1. The highest BCUT2D eigenvalue weighted by Crippen LogP contribution is 2.45. The Kier molecular flexibility index (Phi) is 7.55. The number of H-pyrrole nitrogens is 1. The minimum absolute atomic E-state index is 0. The maximum absolute atomic E-state index is 12.7. The van der Waals surface area contributed by atoms with Crippen molar-refractivity contribution in [1.82, 2.24) is 20.1 Å². The van der Waals surface area contributed by atoms with Crippen molar-refractivity contribution in [2.45, 2.75) is 31.8 Å². The number of nitrogens with one attached hydrogen (secondary N) is 2. The molecule has 6 nitrogen and oxygen atoms in total. The van der Waals surface area contributed by atoms with Gasteiger partial charge in [-0.25, -0.2) is 0 Å². The van der Waals surface area contributed by atoms with Crippen molar-refractivity contribution in [3.63, 3.8) is 0 Å². The first-order valence-corrected chi connectivity index (χ1v) is 11.8. The molecule has 2 fully saturated rings. The first-order valence-electron chi connectivity index (χ1n) is 11.8. The summed E-state index contributed by atoms with van der Waals surface area (Å²) >= 11 is 0. The molecule has 2 aliphatic heterocycles. The summed E-state index contributed by atoms with van der Waals surface area (Å²) in [7, 11) is 0. The van der Waals surface area contributed by atoms with E-state index < -0.39 is 0 Å². The number of hydrogen-bond acceptors (Lipinski definition) is 4. The lowest BCUT2D eigenvalue weighted by Crippen LogP contribution is -2.46. The fraction of sp³-hybridized carbons (Fsp3) is 0.423. The van der Waals surface area contributed by atoms with Crippen molar-refractivity contribution in [2.75, 3.05) is 39.3 Å². The van der Waals surface area contributed by atoms with Crippen LogP contribution in [0.25, 0.3) is 22.2 Å². The molecule has 1 saturated carbocycles. The molecular formula is C26H32Cl2N4O2. The molecule has 3 N–H and O–H groups in total. The van der Waals surface area contributed by atoms with E-state index in [1.807, 2.05) is 0 Å². The van der Waals surface area contributed by atoms with Gasteiger partial charge in [-0.15, -0.1) is 24.8 Å². The standard InChI is InChI=1S/C26H30N4O2.2ClH/c31-12-11-29-7-9-30(10-8-29)16-17-1-6-23-19(13-17)14-24(28-23)21-5-4-20(18-2-3-18)22-15-27-26(32)25(21)22;;/h1,4-6,13-14,18,28,31H,2-3,7-12,15-16H2,(H,27,32);2*1H. The smallest absolute Gasteiger partial charge is 0.252 e. The van der Waals surface area contributed by atoms with Crippen LogP contribution in [0.1, 0.15) is 45.8 Å². The lowest BCUT2D eigenvalue weighted by atomic mass is 9.94. The van der Waals surface area contributed by atoms with Gasteiger partial charge in [0.15, 0.2) is 0 Å². The second-order valence-electron chi connectivity index (χ2n) is 9.46. The van der Waals surface area contributed by atoms with Gasteiger partial charge in [0, 0.05) is 68.0 Å². The Morgan fingerprint density at radius 3 is 2.47 bits per heavy atom. The molecule has 2 aromatic carbocycles. The number of piperazine rings is 1. The number of aliphatic hydroxyl groups excluding tert-OH is 1. The summed E-state index contributed by atoms with van der Waals surface area (Å²) in [5.41, 5.74) is 7.87. The average molecular weight is 503 g/mol. The molecule has 8 heteroatoms. The largest absolute Gasteiger partial charge is 0.395 e. The first-order chi connectivity index (χ1) is 15.7. The Hall–Kier alpha value is -2.09. The zero-order chi connectivity index (χ0) is 21.7. The molecule has 0 unspecified atom stereocenters. The van der Waals surface area contributed by atoms with Gasteiger partial charge < -0.3 is 15.4 Å². The maximum atomic E-state index is 12.7. The number of benzene rings is 2. The Morgan fingerprint density at radius 1 is 0.971 bits per heavy atom. The van der Waals surface area contributed by atoms with Crippen molar-refractivity contribution in [2.24, 2.45) is 0 Å². The van der Waals surface area contributed by atoms with Gasteiger partial charge in [0.1, 0.15) is 0 Å². The zero-order valence-corrected chi connectivity index (χ0v) is 20.8. The van der Waals surface area contributed by atoms with Crippen LogP contribution in [-0.4, -0.2) is 65.1 Å². The highest BCUT2D eigenvalue weighted by molar-refractivity contribution is 6.05. The topological polar surface area (TPSA) is 71.6 Å². The van der Waals surface area contributed by atoms with Crippen LogP contribution in [0.5, 0.6) is 0 Å². The van der Waals surface area contributed by atoms with Crippen LogP contribution in [0.3, 0.4) is 0 Å². The molecule has 1 amide bonds. The number of hydrogen-bond donors (Lipinski definition) is 3. The number of carbonyl (C=O) groups excluding carboxylic acids is 1. The SMILES string of the molecule is Cl.Cl.O=C1NCc2c(C3CC3)ccc(-c3cc4cc(CN5CCN(CCO)CC5)ccc4[nH]3)c21. The fourth-order valence-electron chi connectivity index (χ4n) is 5.37. The molecule has 34 heavy (non-hydrogen) atoms. The van der Waals surface area contributed by atoms with E-state index in [0.717, 1.165) is 61.6 Å². The lowest BCUT2D eigenvalue weighted by molar-refractivity contribution is 0.0966. The Balaban J connectivity index is 0.00000137. The minimum Gasteiger partial charge on any atom is -0.395 e. The number of rotatable bonds is 6. The molecule has 1 aromatic heterocycles. The monoisotopic (exact) mass is 502 g/mol. The maximum Gasteiger partial charge on any atom is 0.252 e. The quantitative estimate of drug-likeness (QED) is 0.477. The molecule has 1 aliphatic carbocycles. The number of halogens is 2. The van der Waals surface area contributed by atoms with Crippen LogP contribution in [-0.2, 0) is 13.1 Å². The van der Waals surface area contributed by atoms with E-state index in [9.17, 15) is 4.79 Å². The van der Waals surface area contributed by atoms with Crippen molar-refractivity contribution in [1.29, 1.82) is 0 Å². The van der Waals surface area contributed by atoms with Crippen molar-refractivity contribution >= 4 is 41.6 Å². The summed E-state index contributed by atoms with van der Waals surface area (Å²) in [4.78, 5) is 21.0. The third kappa shape index (κ3) is 4.70. The summed E-state index contributed by atoms with van der Waals surface area (Å²) < 4.78 is 0. The van der Waals surface area contributed by atoms with Gasteiger partial charge in [0.2, 0.25) is 0 Å². The first kappa shape index (κ1) is 25.0. The average Bonchev–Trinajstić information content (AvgIpc) is 3.45. The summed E-state index contributed by atoms with van der Waals surface area (Å²) in [6.07, 6.45) is 2.48. The van der Waals surface area contributed by atoms with Crippen LogP contribution >= 0.6 is 24.8 Å². The predicted molar refractivity (Wildman–Crippen MR) is 140 cm³/mol. The summed E-state index contributed by atoms with van der Waals surface area (Å²) in [6.45, 7) is 6.70. The van der Waals surface area contributed by atoms with E-state index in [4.69, 9.17) is 5.11 Å². The van der Waals surface area contributed by atoms with Gasteiger partial charge >= 0.3 is 0 Å². The van der Waals surface area contributed by atoms with Gasteiger partial charge in [-0.1, -0.05) is 18.2 Å². The highest BCUT2D eigenvalue weighted by atomic mass is 35.5. The van der Waals surface area contributed by atoms with E-state index in [0.29, 0.717) is 12.5 Å². The molecule has 0 spiro atoms.